The number of rotatable bonds is 6. The molecule has 38 atom stereocenters. The SMILES string of the molecule is C=C1CC2CC[C@@]34C[C@H]5O[C@H]6[C@@H](O3)[C@H]3OC(CC[C@@H]3O[C@H]6C5O4)CC(=O)C[C@H]3C(C[C@H]4OC(CC[C@@H]1O2)C[C@@H](C)C4=C)O[C@H](C[C@H](O)CN)[C@@H]3C.C=C1CC2CC[C@@]34C[C@H]5O[C@H]6[C@@H](O3)[C@H]3OC(CC[C@@H]3O[C@H]6C5O4)CC(=O)C[C@H]3C(C[C@H]4OC(CC[C@@H]1O2)C[C@@H](C)C4=C)O[C@H](C[C@H](O)CN)[C@@H]3C.CS(C)(=O)=O. The van der Waals surface area contributed by atoms with Crippen molar-refractivity contribution >= 4 is 21.4 Å². The molecule has 0 aromatic carbocycles. The Morgan fingerprint density at radius 1 is 0.402 bits per heavy atom. The number of ketones is 2. The number of hydrogen-bond donors (Lipinski definition) is 4. The number of ether oxygens (including phenoxy) is 16. The zero-order valence-electron chi connectivity index (χ0n) is 64.0. The van der Waals surface area contributed by atoms with E-state index < -0.39 is 33.6 Å². The van der Waals surface area contributed by atoms with Gasteiger partial charge in [0.05, 0.1) is 122 Å². The summed E-state index contributed by atoms with van der Waals surface area (Å²) in [5, 5.41) is 21.0. The summed E-state index contributed by atoms with van der Waals surface area (Å²) in [6.45, 7) is 27.0. The molecule has 20 heterocycles. The molecular formula is C82H124N2O22S. The van der Waals surface area contributed by atoms with Crippen LogP contribution in [-0.2, 0) is 95.2 Å². The lowest BCUT2D eigenvalue weighted by molar-refractivity contribution is -0.292. The maximum Gasteiger partial charge on any atom is 0.172 e. The molecule has 2 spiro atoms. The first-order valence-electron chi connectivity index (χ1n) is 41.4. The van der Waals surface area contributed by atoms with Crippen LogP contribution in [0.5, 0.6) is 0 Å². The van der Waals surface area contributed by atoms with E-state index in [1.165, 1.54) is 0 Å². The molecule has 20 saturated heterocycles. The Bertz CT molecular complexity index is 3170. The second-order valence-electron chi connectivity index (χ2n) is 36.3. The highest BCUT2D eigenvalue weighted by Gasteiger charge is 2.71. The van der Waals surface area contributed by atoms with Crippen molar-refractivity contribution in [2.75, 3.05) is 25.6 Å². The van der Waals surface area contributed by atoms with Gasteiger partial charge in [0.2, 0.25) is 0 Å². The maximum absolute atomic E-state index is 14.0. The summed E-state index contributed by atoms with van der Waals surface area (Å²) in [5.41, 5.74) is 16.1. The van der Waals surface area contributed by atoms with Gasteiger partial charge >= 0.3 is 0 Å². The molecule has 0 aliphatic carbocycles. The standard InChI is InChI=1S/2C40H59NO10.C2H6O2S/c2*1-19-11-25-5-7-29-20(2)12-27(44-29)9-10-40-17-34-36(50-40)37-38(49-34)39(51-40)35-30(48-37)8-6-26(46-35)13-23(42)14-28-22(4)31(15-24(43)18-41)47-33(28)16-32(45-25)21(19)3;1-5(2,3)4/h2*19,22,24-39,43H,2-3,5-18,41H2,1,4H3;1-2H3/t2*19-,22-,24+,25?,26?,27?,28-,29+,30+,31-,32-,33?,34-,35+,36?,37+,38-,39+,40+;/m11./s1. The van der Waals surface area contributed by atoms with Crippen molar-refractivity contribution in [3.05, 3.63) is 48.6 Å². The van der Waals surface area contributed by atoms with Gasteiger partial charge in [0, 0.05) is 103 Å². The van der Waals surface area contributed by atoms with Crippen molar-refractivity contribution in [1.29, 1.82) is 0 Å². The lowest BCUT2D eigenvalue weighted by Gasteiger charge is -2.47. The third-order valence-corrected chi connectivity index (χ3v) is 28.4. The summed E-state index contributed by atoms with van der Waals surface area (Å²) in [7, 11) is -2.67. The average molecular weight is 1520 g/mol. The van der Waals surface area contributed by atoms with Crippen molar-refractivity contribution in [2.24, 2.45) is 47.0 Å². The van der Waals surface area contributed by atoms with Crippen LogP contribution in [0.1, 0.15) is 195 Å². The Hall–Kier alpha value is -2.55. The minimum absolute atomic E-state index is 0.00127. The Kier molecular flexibility index (Phi) is 23.1. The summed E-state index contributed by atoms with van der Waals surface area (Å²) in [6.07, 6.45) is 15.2. The molecule has 0 radical (unpaired) electrons. The second kappa shape index (κ2) is 31.6. The minimum Gasteiger partial charge on any atom is -0.392 e. The molecule has 20 aliphatic rings. The summed E-state index contributed by atoms with van der Waals surface area (Å²) >= 11 is 0. The molecule has 6 N–H and O–H groups in total. The molecule has 10 unspecified atom stereocenters. The third kappa shape index (κ3) is 16.3. The van der Waals surface area contributed by atoms with Gasteiger partial charge in [-0.05, 0) is 148 Å². The molecule has 0 amide bonds. The summed E-state index contributed by atoms with van der Waals surface area (Å²) < 4.78 is 127. The Balaban J connectivity index is 0.000000154. The topological polar surface area (TPSA) is 308 Å². The number of hydrogen-bond acceptors (Lipinski definition) is 24. The number of carbonyl (C=O) groups excluding carboxylic acids is 2. The third-order valence-electron chi connectivity index (χ3n) is 28.4. The number of Topliss-reactive ketones (excluding diaryl/α,β-unsaturated/α-hetero) is 2. The van der Waals surface area contributed by atoms with Crippen molar-refractivity contribution in [3.63, 3.8) is 0 Å². The van der Waals surface area contributed by atoms with E-state index in [0.29, 0.717) is 88.9 Å². The molecule has 25 heteroatoms. The van der Waals surface area contributed by atoms with Gasteiger partial charge in [0.15, 0.2) is 11.6 Å². The molecule has 24 bridgehead atoms. The molecule has 600 valence electrons. The summed E-state index contributed by atoms with van der Waals surface area (Å²) in [4.78, 5) is 28.0. The summed E-state index contributed by atoms with van der Waals surface area (Å²) in [5.74, 6) is -0.444. The number of carbonyl (C=O) groups is 2. The highest BCUT2D eigenvalue weighted by molar-refractivity contribution is 7.89. The Morgan fingerprint density at radius 2 is 0.757 bits per heavy atom. The molecule has 0 aromatic heterocycles. The Labute approximate surface area is 632 Å². The fourth-order valence-electron chi connectivity index (χ4n) is 22.6. The number of fused-ring (bicyclic) bond motifs is 12. The lowest BCUT2D eigenvalue weighted by Crippen LogP contribution is -2.61. The molecular weight excluding hydrogens is 1400 g/mol. The van der Waals surface area contributed by atoms with E-state index in [1.807, 2.05) is 0 Å². The molecule has 0 aromatic rings. The first kappa shape index (κ1) is 78.3. The highest BCUT2D eigenvalue weighted by atomic mass is 32.2. The zero-order valence-corrected chi connectivity index (χ0v) is 64.9. The van der Waals surface area contributed by atoms with Crippen LogP contribution in [0.3, 0.4) is 0 Å². The van der Waals surface area contributed by atoms with Gasteiger partial charge in [0.1, 0.15) is 82.4 Å². The molecule has 20 fully saturated rings. The number of aliphatic hydroxyl groups excluding tert-OH is 2. The van der Waals surface area contributed by atoms with Gasteiger partial charge in [-0.3, -0.25) is 9.59 Å². The Morgan fingerprint density at radius 3 is 1.16 bits per heavy atom. The van der Waals surface area contributed by atoms with Gasteiger partial charge in [-0.2, -0.15) is 0 Å². The van der Waals surface area contributed by atoms with Crippen LogP contribution in [0.4, 0.5) is 0 Å². The van der Waals surface area contributed by atoms with Gasteiger partial charge in [0.25, 0.3) is 0 Å². The first-order chi connectivity index (χ1) is 51.1. The maximum atomic E-state index is 14.0. The fraction of sp³-hybridized carbons (Fsp3) is 0.878. The molecule has 24 nitrogen and oxygen atoms in total. The molecule has 20 rings (SSSR count). The number of nitrogens with two attached hydrogens (primary N) is 2. The van der Waals surface area contributed by atoms with Crippen molar-refractivity contribution < 1.29 is 104 Å². The van der Waals surface area contributed by atoms with E-state index in [1.54, 1.807) is 0 Å². The van der Waals surface area contributed by atoms with Gasteiger partial charge in [-0.1, -0.05) is 54.0 Å². The predicted octanol–water partition coefficient (Wildman–Crippen LogP) is 7.78. The summed E-state index contributed by atoms with van der Waals surface area (Å²) in [6, 6.07) is 0. The predicted molar refractivity (Wildman–Crippen MR) is 390 cm³/mol. The number of aliphatic hydroxyl groups is 2. The van der Waals surface area contributed by atoms with E-state index in [2.05, 4.69) is 54.0 Å². The van der Waals surface area contributed by atoms with Crippen LogP contribution in [0.2, 0.25) is 0 Å². The normalized spacial score (nSPS) is 51.2. The second-order valence-corrected chi connectivity index (χ2v) is 38.6. The van der Waals surface area contributed by atoms with Gasteiger partial charge in [-0.25, -0.2) is 8.42 Å². The lowest BCUT2D eigenvalue weighted by atomic mass is 9.78. The van der Waals surface area contributed by atoms with Crippen molar-refractivity contribution in [3.8, 4) is 0 Å². The van der Waals surface area contributed by atoms with Crippen LogP contribution in [0, 0.1) is 35.5 Å². The monoisotopic (exact) mass is 1520 g/mol. The average Bonchev–Trinajstić information content (AvgIpc) is 1.55. The van der Waals surface area contributed by atoms with E-state index in [9.17, 15) is 28.2 Å². The molecule has 107 heavy (non-hydrogen) atoms. The van der Waals surface area contributed by atoms with E-state index >= 15 is 0 Å². The molecule has 0 saturated carbocycles. The van der Waals surface area contributed by atoms with E-state index in [0.717, 1.165) is 125 Å². The largest absolute Gasteiger partial charge is 0.392 e. The first-order valence-corrected chi connectivity index (χ1v) is 43.7. The van der Waals surface area contributed by atoms with Gasteiger partial charge in [-0.15, -0.1) is 0 Å². The fourth-order valence-corrected chi connectivity index (χ4v) is 22.6. The van der Waals surface area contributed by atoms with Crippen LogP contribution in [-0.4, -0.2) is 250 Å². The van der Waals surface area contributed by atoms with E-state index in [4.69, 9.17) is 87.3 Å². The van der Waals surface area contributed by atoms with Gasteiger partial charge < -0.3 is 97.5 Å². The van der Waals surface area contributed by atoms with Crippen LogP contribution < -0.4 is 11.5 Å². The molecule has 20 aliphatic heterocycles. The highest BCUT2D eigenvalue weighted by Crippen LogP contribution is 2.58. The van der Waals surface area contributed by atoms with Crippen LogP contribution >= 0.6 is 0 Å². The number of sulfone groups is 1. The van der Waals surface area contributed by atoms with E-state index in [-0.39, 0.29) is 219 Å². The van der Waals surface area contributed by atoms with Crippen molar-refractivity contribution in [2.45, 2.75) is 389 Å². The van der Waals surface area contributed by atoms with Crippen molar-refractivity contribution in [1.82, 2.24) is 0 Å². The smallest absolute Gasteiger partial charge is 0.172 e. The quantitative estimate of drug-likeness (QED) is 0.184. The van der Waals surface area contributed by atoms with Crippen LogP contribution in [0.15, 0.2) is 48.6 Å². The zero-order chi connectivity index (χ0) is 74.9. The van der Waals surface area contributed by atoms with Crippen LogP contribution in [0.25, 0.3) is 0 Å². The minimum atomic E-state index is -2.67.